The number of nitrogens with one attached hydrogen (secondary N) is 1. The average Bonchev–Trinajstić information content (AvgIpc) is 2.12. The maximum Gasteiger partial charge on any atom is 0.399 e. The summed E-state index contributed by atoms with van der Waals surface area (Å²) < 4.78 is 42.9. The first kappa shape index (κ1) is 13.2. The molecule has 0 aromatic carbocycles. The normalized spacial score (nSPS) is 25.4. The minimum atomic E-state index is -4.45. The van der Waals surface area contributed by atoms with E-state index in [9.17, 15) is 13.2 Å². The Hall–Kier alpha value is -0.820. The second-order valence-electron chi connectivity index (χ2n) is 3.99. The van der Waals surface area contributed by atoms with E-state index < -0.39 is 17.9 Å². The van der Waals surface area contributed by atoms with Crippen LogP contribution < -0.4 is 5.73 Å². The van der Waals surface area contributed by atoms with E-state index in [4.69, 9.17) is 15.9 Å². The molecule has 2 unspecified atom stereocenters. The Morgan fingerprint density at radius 1 is 1.62 bits per heavy atom. The van der Waals surface area contributed by atoms with E-state index in [0.717, 1.165) is 0 Å². The van der Waals surface area contributed by atoms with Crippen molar-refractivity contribution in [1.82, 2.24) is 4.90 Å². The van der Waals surface area contributed by atoms with Gasteiger partial charge in [0.15, 0.2) is 0 Å². The number of amidine groups is 1. The number of rotatable bonds is 3. The van der Waals surface area contributed by atoms with Crippen LogP contribution in [0.2, 0.25) is 0 Å². The summed E-state index contributed by atoms with van der Waals surface area (Å²) in [5, 5.41) is 6.98. The average molecular weight is 239 g/mol. The van der Waals surface area contributed by atoms with Gasteiger partial charge in [0.25, 0.3) is 0 Å². The Bertz CT molecular complexity index is 257. The van der Waals surface area contributed by atoms with Crippen LogP contribution in [0.25, 0.3) is 0 Å². The summed E-state index contributed by atoms with van der Waals surface area (Å²) in [5.41, 5.74) is 4.98. The van der Waals surface area contributed by atoms with Crippen LogP contribution in [0.3, 0.4) is 0 Å². The molecule has 1 aliphatic rings. The number of ether oxygens (including phenoxy) is 1. The molecule has 16 heavy (non-hydrogen) atoms. The number of hydrogen-bond donors (Lipinski definition) is 2. The van der Waals surface area contributed by atoms with Gasteiger partial charge in [0.2, 0.25) is 0 Å². The summed E-state index contributed by atoms with van der Waals surface area (Å²) in [4.78, 5) is 1.63. The van der Waals surface area contributed by atoms with Gasteiger partial charge in [0.1, 0.15) is 11.8 Å². The topological polar surface area (TPSA) is 62.3 Å². The molecule has 7 heteroatoms. The highest BCUT2D eigenvalue weighted by Gasteiger charge is 2.43. The second-order valence-corrected chi connectivity index (χ2v) is 3.99. The van der Waals surface area contributed by atoms with Gasteiger partial charge in [-0.05, 0) is 6.92 Å². The molecular formula is C9H16F3N3O. The van der Waals surface area contributed by atoms with Gasteiger partial charge in [0, 0.05) is 19.6 Å². The van der Waals surface area contributed by atoms with Crippen LogP contribution in [0, 0.1) is 11.3 Å². The third-order valence-corrected chi connectivity index (χ3v) is 2.54. The molecule has 0 spiro atoms. The molecule has 1 rings (SSSR count). The van der Waals surface area contributed by atoms with Crippen molar-refractivity contribution in [3.63, 3.8) is 0 Å². The zero-order chi connectivity index (χ0) is 12.3. The molecule has 3 N–H and O–H groups in total. The van der Waals surface area contributed by atoms with Crippen molar-refractivity contribution in [3.05, 3.63) is 0 Å². The Morgan fingerprint density at radius 3 is 2.69 bits per heavy atom. The van der Waals surface area contributed by atoms with Crippen molar-refractivity contribution < 1.29 is 17.9 Å². The van der Waals surface area contributed by atoms with E-state index in [1.54, 1.807) is 4.90 Å². The van der Waals surface area contributed by atoms with Crippen molar-refractivity contribution in [2.45, 2.75) is 19.2 Å². The fourth-order valence-electron chi connectivity index (χ4n) is 1.69. The summed E-state index contributed by atoms with van der Waals surface area (Å²) in [5.74, 6) is -2.70. The van der Waals surface area contributed by atoms with Crippen molar-refractivity contribution >= 4 is 5.84 Å². The molecule has 0 amide bonds. The molecule has 0 radical (unpaired) electrons. The van der Waals surface area contributed by atoms with Gasteiger partial charge in [-0.1, -0.05) is 0 Å². The third kappa shape index (κ3) is 3.64. The summed E-state index contributed by atoms with van der Waals surface area (Å²) in [6.07, 6.45) is -4.53. The first-order valence-electron chi connectivity index (χ1n) is 5.05. The lowest BCUT2D eigenvalue weighted by Gasteiger charge is -2.33. The number of halogens is 3. The minimum absolute atomic E-state index is 0.0745. The van der Waals surface area contributed by atoms with Crippen LogP contribution in [0.4, 0.5) is 13.2 Å². The van der Waals surface area contributed by atoms with Crippen molar-refractivity contribution in [3.8, 4) is 0 Å². The predicted octanol–water partition coefficient (Wildman–Crippen LogP) is 0.822. The lowest BCUT2D eigenvalue weighted by Crippen LogP contribution is -2.49. The summed E-state index contributed by atoms with van der Waals surface area (Å²) >= 11 is 0. The van der Waals surface area contributed by atoms with Crippen LogP contribution in [0.1, 0.15) is 6.92 Å². The van der Waals surface area contributed by atoms with E-state index in [1.165, 1.54) is 0 Å². The first-order chi connectivity index (χ1) is 7.30. The van der Waals surface area contributed by atoms with Crippen LogP contribution in [-0.4, -0.2) is 49.3 Å². The molecule has 0 aliphatic carbocycles. The van der Waals surface area contributed by atoms with Gasteiger partial charge in [0.05, 0.1) is 12.7 Å². The number of hydrogen-bond acceptors (Lipinski definition) is 3. The summed E-state index contributed by atoms with van der Waals surface area (Å²) in [7, 11) is 0. The fourth-order valence-corrected chi connectivity index (χ4v) is 1.69. The van der Waals surface area contributed by atoms with Crippen molar-refractivity contribution in [2.24, 2.45) is 11.7 Å². The maximum absolute atomic E-state index is 12.5. The predicted molar refractivity (Wildman–Crippen MR) is 53.3 cm³/mol. The van der Waals surface area contributed by atoms with E-state index in [1.807, 2.05) is 6.92 Å². The van der Waals surface area contributed by atoms with Crippen molar-refractivity contribution in [2.75, 3.05) is 26.2 Å². The van der Waals surface area contributed by atoms with Gasteiger partial charge in [-0.15, -0.1) is 0 Å². The Balaban J connectivity index is 2.58. The Morgan fingerprint density at radius 2 is 2.25 bits per heavy atom. The van der Waals surface area contributed by atoms with Gasteiger partial charge in [-0.3, -0.25) is 10.3 Å². The minimum Gasteiger partial charge on any atom is -0.387 e. The Labute approximate surface area is 92.0 Å². The lowest BCUT2D eigenvalue weighted by molar-refractivity contribution is -0.163. The fraction of sp³-hybridized carbons (Fsp3) is 0.889. The molecular weight excluding hydrogens is 223 g/mol. The summed E-state index contributed by atoms with van der Waals surface area (Å²) in [6, 6.07) is 0. The van der Waals surface area contributed by atoms with E-state index >= 15 is 0 Å². The largest absolute Gasteiger partial charge is 0.399 e. The number of morpholine rings is 1. The molecule has 0 bridgehead atoms. The van der Waals surface area contributed by atoms with Crippen LogP contribution in [0.15, 0.2) is 0 Å². The van der Waals surface area contributed by atoms with Gasteiger partial charge >= 0.3 is 6.18 Å². The molecule has 4 nitrogen and oxygen atoms in total. The van der Waals surface area contributed by atoms with Gasteiger partial charge in [-0.25, -0.2) is 0 Å². The maximum atomic E-state index is 12.5. The van der Waals surface area contributed by atoms with E-state index in [2.05, 4.69) is 0 Å². The quantitative estimate of drug-likeness (QED) is 0.566. The molecule has 0 saturated carbocycles. The second kappa shape index (κ2) is 5.01. The highest BCUT2D eigenvalue weighted by molar-refractivity contribution is 5.80. The smallest absolute Gasteiger partial charge is 0.387 e. The van der Waals surface area contributed by atoms with Gasteiger partial charge in [-0.2, -0.15) is 13.2 Å². The van der Waals surface area contributed by atoms with Crippen LogP contribution in [-0.2, 0) is 4.74 Å². The zero-order valence-corrected chi connectivity index (χ0v) is 9.05. The van der Waals surface area contributed by atoms with Crippen molar-refractivity contribution in [1.29, 1.82) is 5.41 Å². The molecule has 1 heterocycles. The highest BCUT2D eigenvalue weighted by atomic mass is 19.4. The Kier molecular flexibility index (Phi) is 4.15. The SMILES string of the molecule is CC1CN(CC(C(=N)N)C(F)(F)F)CCO1. The van der Waals surface area contributed by atoms with Crippen LogP contribution in [0.5, 0.6) is 0 Å². The van der Waals surface area contributed by atoms with Crippen LogP contribution >= 0.6 is 0 Å². The molecule has 1 aliphatic heterocycles. The highest BCUT2D eigenvalue weighted by Crippen LogP contribution is 2.27. The third-order valence-electron chi connectivity index (χ3n) is 2.54. The molecule has 2 atom stereocenters. The number of nitrogens with two attached hydrogens (primary N) is 1. The molecule has 1 fully saturated rings. The van der Waals surface area contributed by atoms with E-state index in [-0.39, 0.29) is 12.6 Å². The molecule has 0 aromatic heterocycles. The molecule has 0 aromatic rings. The first-order valence-corrected chi connectivity index (χ1v) is 5.05. The zero-order valence-electron chi connectivity index (χ0n) is 9.05. The standard InChI is InChI=1S/C9H16F3N3O/c1-6-4-15(2-3-16-6)5-7(8(13)14)9(10,11)12/h6-7H,2-5H2,1H3,(H3,13,14). The number of alkyl halides is 3. The summed E-state index contributed by atoms with van der Waals surface area (Å²) in [6.45, 7) is 2.86. The molecule has 94 valence electrons. The monoisotopic (exact) mass is 239 g/mol. The molecule has 1 saturated heterocycles. The number of nitrogens with zero attached hydrogens (tertiary/aromatic N) is 1. The van der Waals surface area contributed by atoms with E-state index in [0.29, 0.717) is 19.7 Å². The lowest BCUT2D eigenvalue weighted by atomic mass is 10.1. The van der Waals surface area contributed by atoms with Gasteiger partial charge < -0.3 is 10.5 Å².